The first kappa shape index (κ1) is 6.90. The monoisotopic (exact) mass is 141 g/mol. The van der Waals surface area contributed by atoms with Crippen LogP contribution in [-0.4, -0.2) is 17.5 Å². The van der Waals surface area contributed by atoms with Crippen molar-refractivity contribution in [1.29, 1.82) is 0 Å². The van der Waals surface area contributed by atoms with Gasteiger partial charge >= 0.3 is 0 Å². The first-order valence-electron chi connectivity index (χ1n) is 2.78. The van der Waals surface area contributed by atoms with Gasteiger partial charge in [0.25, 0.3) is 0 Å². The van der Waals surface area contributed by atoms with Crippen molar-refractivity contribution in [2.45, 2.75) is 6.10 Å². The highest BCUT2D eigenvalue weighted by Crippen LogP contribution is 2.22. The minimum absolute atomic E-state index is 0.374. The van der Waals surface area contributed by atoms with Gasteiger partial charge in [-0.25, -0.2) is 0 Å². The molecule has 1 radical (unpaired) electrons. The van der Waals surface area contributed by atoms with Crippen molar-refractivity contribution in [2.75, 3.05) is 6.26 Å². The fourth-order valence-corrected chi connectivity index (χ4v) is 1.07. The Labute approximate surface area is 59.5 Å². The van der Waals surface area contributed by atoms with E-state index >= 15 is 0 Å². The van der Waals surface area contributed by atoms with Crippen molar-refractivity contribution in [3.05, 3.63) is 29.6 Å². The average molecular weight is 141 g/mol. The van der Waals surface area contributed by atoms with Crippen LogP contribution in [0, 0.1) is 5.25 Å². The molecule has 0 aromatic heterocycles. The van der Waals surface area contributed by atoms with E-state index in [-0.39, 0.29) is 6.10 Å². The molecule has 9 heavy (non-hydrogen) atoms. The van der Waals surface area contributed by atoms with Gasteiger partial charge in [-0.3, -0.25) is 0 Å². The fraction of sp³-hybridized carbons (Fsp3) is 0.286. The van der Waals surface area contributed by atoms with Crippen LogP contribution in [0.5, 0.6) is 0 Å². The van der Waals surface area contributed by atoms with Crippen LogP contribution in [0.3, 0.4) is 0 Å². The smallest absolute Gasteiger partial charge is 0.0903 e. The second-order valence-electron chi connectivity index (χ2n) is 1.82. The molecule has 49 valence electrons. The van der Waals surface area contributed by atoms with Crippen molar-refractivity contribution in [3.8, 4) is 0 Å². The van der Waals surface area contributed by atoms with Crippen LogP contribution in [0.4, 0.5) is 0 Å². The van der Waals surface area contributed by atoms with E-state index in [9.17, 15) is 0 Å². The molecule has 0 amide bonds. The van der Waals surface area contributed by atoms with Crippen molar-refractivity contribution in [3.63, 3.8) is 0 Å². The van der Waals surface area contributed by atoms with Gasteiger partial charge in [0.2, 0.25) is 0 Å². The fourth-order valence-electron chi connectivity index (χ4n) is 0.643. The lowest BCUT2D eigenvalue weighted by atomic mass is 10.2. The van der Waals surface area contributed by atoms with E-state index in [1.54, 1.807) is 23.9 Å². The highest BCUT2D eigenvalue weighted by Gasteiger charge is 2.04. The normalized spacial score (nSPS) is 21.1. The van der Waals surface area contributed by atoms with E-state index in [1.165, 1.54) is 5.25 Å². The molecule has 0 saturated heterocycles. The maximum Gasteiger partial charge on any atom is 0.0903 e. The van der Waals surface area contributed by atoms with E-state index < -0.39 is 0 Å². The Morgan fingerprint density at radius 1 is 1.44 bits per heavy atom. The number of aliphatic hydroxyl groups is 1. The summed E-state index contributed by atoms with van der Waals surface area (Å²) >= 11 is 1.68. The topological polar surface area (TPSA) is 20.2 Å². The number of hydrogen-bond donors (Lipinski definition) is 1. The van der Waals surface area contributed by atoms with E-state index in [0.29, 0.717) is 0 Å². The van der Waals surface area contributed by atoms with Crippen LogP contribution in [-0.2, 0) is 0 Å². The average Bonchev–Trinajstić information content (AvgIpc) is 1.90. The molecule has 0 heterocycles. The second kappa shape index (κ2) is 3.08. The van der Waals surface area contributed by atoms with Crippen LogP contribution in [0.15, 0.2) is 24.3 Å². The largest absolute Gasteiger partial charge is 0.385 e. The maximum absolute atomic E-state index is 8.93. The lowest BCUT2D eigenvalue weighted by molar-refractivity contribution is 0.270. The van der Waals surface area contributed by atoms with Crippen LogP contribution in [0.2, 0.25) is 0 Å². The molecular formula is C7H9OS. The minimum Gasteiger partial charge on any atom is -0.385 e. The third-order valence-corrected chi connectivity index (χ3v) is 1.89. The molecule has 1 aliphatic rings. The zero-order valence-electron chi connectivity index (χ0n) is 5.24. The maximum atomic E-state index is 8.93. The first-order valence-corrected chi connectivity index (χ1v) is 4.01. The zero-order valence-corrected chi connectivity index (χ0v) is 6.06. The molecule has 0 aromatic rings. The molecule has 1 N–H and O–H groups in total. The van der Waals surface area contributed by atoms with Gasteiger partial charge in [0, 0.05) is 0 Å². The van der Waals surface area contributed by atoms with Gasteiger partial charge in [-0.05, 0) is 6.26 Å². The molecule has 1 aliphatic carbocycles. The highest BCUT2D eigenvalue weighted by molar-refractivity contribution is 8.01. The summed E-state index contributed by atoms with van der Waals surface area (Å²) in [6, 6.07) is 0. The number of hydrogen-bond acceptors (Lipinski definition) is 2. The SMILES string of the molecule is CS[C]1C=CC(O)C=C1. The molecule has 2 heteroatoms. The summed E-state index contributed by atoms with van der Waals surface area (Å²) in [7, 11) is 0. The van der Waals surface area contributed by atoms with Gasteiger partial charge in [-0.15, -0.1) is 11.8 Å². The Bertz CT molecular complexity index is 126. The number of aliphatic hydroxyl groups excluding tert-OH is 1. The van der Waals surface area contributed by atoms with Gasteiger partial charge in [0.05, 0.1) is 11.4 Å². The van der Waals surface area contributed by atoms with Crippen molar-refractivity contribution >= 4 is 11.8 Å². The summed E-state index contributed by atoms with van der Waals surface area (Å²) in [5.74, 6) is 0. The molecule has 0 unspecified atom stereocenters. The summed E-state index contributed by atoms with van der Waals surface area (Å²) < 4.78 is 0. The Hall–Kier alpha value is -0.210. The molecule has 0 fully saturated rings. The van der Waals surface area contributed by atoms with Gasteiger partial charge in [-0.2, -0.15) is 0 Å². The van der Waals surface area contributed by atoms with E-state index in [0.717, 1.165) is 0 Å². The summed E-state index contributed by atoms with van der Waals surface area (Å²) in [4.78, 5) is 0. The van der Waals surface area contributed by atoms with Crippen molar-refractivity contribution < 1.29 is 5.11 Å². The lowest BCUT2D eigenvalue weighted by Gasteiger charge is -2.08. The summed E-state index contributed by atoms with van der Waals surface area (Å²) in [6.07, 6.45) is 9.03. The first-order chi connectivity index (χ1) is 4.33. The highest BCUT2D eigenvalue weighted by atomic mass is 32.2. The minimum atomic E-state index is -0.374. The van der Waals surface area contributed by atoms with Crippen molar-refractivity contribution in [1.82, 2.24) is 0 Å². The van der Waals surface area contributed by atoms with Crippen LogP contribution >= 0.6 is 11.8 Å². The predicted octanol–water partition coefficient (Wildman–Crippen LogP) is 1.37. The van der Waals surface area contributed by atoms with Gasteiger partial charge in [0.15, 0.2) is 0 Å². The molecule has 0 atom stereocenters. The molecule has 0 bridgehead atoms. The summed E-state index contributed by atoms with van der Waals surface area (Å²) in [5.41, 5.74) is 0. The lowest BCUT2D eigenvalue weighted by Crippen LogP contribution is -2.01. The quantitative estimate of drug-likeness (QED) is 0.595. The van der Waals surface area contributed by atoms with E-state index in [4.69, 9.17) is 5.11 Å². The van der Waals surface area contributed by atoms with Crippen molar-refractivity contribution in [2.24, 2.45) is 0 Å². The number of rotatable bonds is 1. The molecule has 0 spiro atoms. The van der Waals surface area contributed by atoms with E-state index in [1.807, 2.05) is 18.4 Å². The molecular weight excluding hydrogens is 132 g/mol. The third-order valence-electron chi connectivity index (χ3n) is 1.15. The van der Waals surface area contributed by atoms with Gasteiger partial charge < -0.3 is 5.11 Å². The molecule has 0 aromatic carbocycles. The van der Waals surface area contributed by atoms with E-state index in [2.05, 4.69) is 0 Å². The Balaban J connectivity index is 2.48. The zero-order chi connectivity index (χ0) is 6.69. The Morgan fingerprint density at radius 2 is 2.00 bits per heavy atom. The van der Waals surface area contributed by atoms with Gasteiger partial charge in [0.1, 0.15) is 0 Å². The molecule has 0 aliphatic heterocycles. The molecule has 1 rings (SSSR count). The van der Waals surface area contributed by atoms with Crippen LogP contribution in [0.25, 0.3) is 0 Å². The summed E-state index contributed by atoms with van der Waals surface area (Å²) in [5, 5.41) is 10.1. The Morgan fingerprint density at radius 3 is 2.44 bits per heavy atom. The van der Waals surface area contributed by atoms with Crippen LogP contribution < -0.4 is 0 Å². The predicted molar refractivity (Wildman–Crippen MR) is 41.0 cm³/mol. The molecule has 1 nitrogen and oxygen atoms in total. The standard InChI is InChI=1S/C7H9OS/c1-9-7-4-2-6(8)3-5-7/h2-6,8H,1H3. The Kier molecular flexibility index (Phi) is 2.37. The third kappa shape index (κ3) is 1.88. The van der Waals surface area contributed by atoms with Gasteiger partial charge in [-0.1, -0.05) is 24.3 Å². The number of thioether (sulfide) groups is 1. The second-order valence-corrected chi connectivity index (χ2v) is 2.69. The summed E-state index contributed by atoms with van der Waals surface area (Å²) in [6.45, 7) is 0. The molecule has 0 saturated carbocycles. The van der Waals surface area contributed by atoms with Crippen LogP contribution in [0.1, 0.15) is 0 Å².